The molecule has 1 fully saturated rings. The number of aliphatic carboxylic acids is 1. The molecule has 0 aliphatic heterocycles. The van der Waals surface area contributed by atoms with Crippen LogP contribution in [-0.2, 0) is 43.9 Å². The highest BCUT2D eigenvalue weighted by Crippen LogP contribution is 2.37. The molecule has 43 heavy (non-hydrogen) atoms. The predicted molar refractivity (Wildman–Crippen MR) is 160 cm³/mol. The van der Waals surface area contributed by atoms with Crippen LogP contribution >= 0.6 is 0 Å². The Morgan fingerprint density at radius 2 is 1.79 bits per heavy atom. The first-order valence-corrected chi connectivity index (χ1v) is 15.0. The molecule has 3 aromatic rings. The molecule has 5 rings (SSSR count). The van der Waals surface area contributed by atoms with E-state index in [2.05, 4.69) is 33.9 Å². The molecule has 0 atom stereocenters. The molecule has 1 aromatic heterocycles. The van der Waals surface area contributed by atoms with Gasteiger partial charge in [-0.2, -0.15) is 18.3 Å². The van der Waals surface area contributed by atoms with Crippen molar-refractivity contribution in [2.75, 3.05) is 22.9 Å². The maximum Gasteiger partial charge on any atom is 0.415 e. The molecular formula is C33H38F3N5O2. The molecule has 0 amide bonds. The van der Waals surface area contributed by atoms with Crippen LogP contribution in [0, 0.1) is 18.4 Å². The van der Waals surface area contributed by atoms with Gasteiger partial charge in [-0.25, -0.2) is 4.85 Å². The summed E-state index contributed by atoms with van der Waals surface area (Å²) in [5, 5.41) is 14.0. The Morgan fingerprint density at radius 1 is 1.07 bits per heavy atom. The second-order valence-electron chi connectivity index (χ2n) is 11.9. The minimum absolute atomic E-state index is 0.0428. The third-order valence-corrected chi connectivity index (χ3v) is 8.88. The number of anilines is 2. The fourth-order valence-electron chi connectivity index (χ4n) is 6.59. The van der Waals surface area contributed by atoms with Crippen LogP contribution in [-0.4, -0.2) is 33.9 Å². The summed E-state index contributed by atoms with van der Waals surface area (Å²) < 4.78 is 42.7. The maximum absolute atomic E-state index is 13.7. The van der Waals surface area contributed by atoms with E-state index in [-0.39, 0.29) is 18.2 Å². The number of aromatic nitrogens is 2. The molecule has 2 aliphatic carbocycles. The topological polar surface area (TPSA) is 66.0 Å². The lowest BCUT2D eigenvalue weighted by Crippen LogP contribution is -2.34. The van der Waals surface area contributed by atoms with Gasteiger partial charge in [-0.3, -0.25) is 9.48 Å². The van der Waals surface area contributed by atoms with Crippen LogP contribution in [0.4, 0.5) is 30.4 Å². The van der Waals surface area contributed by atoms with Gasteiger partial charge in [0.05, 0.1) is 12.5 Å². The van der Waals surface area contributed by atoms with Crippen molar-refractivity contribution >= 4 is 23.2 Å². The van der Waals surface area contributed by atoms with Gasteiger partial charge < -0.3 is 14.9 Å². The molecule has 2 aliphatic rings. The Labute approximate surface area is 250 Å². The van der Waals surface area contributed by atoms with Gasteiger partial charge in [0, 0.05) is 56.7 Å². The maximum atomic E-state index is 13.7. The van der Waals surface area contributed by atoms with Crippen molar-refractivity contribution in [2.24, 2.45) is 18.9 Å². The molecule has 1 N–H and O–H groups in total. The Morgan fingerprint density at radius 3 is 2.40 bits per heavy atom. The van der Waals surface area contributed by atoms with Crippen molar-refractivity contribution in [1.29, 1.82) is 0 Å². The molecule has 0 spiro atoms. The molecule has 228 valence electrons. The zero-order valence-electron chi connectivity index (χ0n) is 24.7. The summed E-state index contributed by atoms with van der Waals surface area (Å²) in [5.41, 5.74) is 4.39. The summed E-state index contributed by atoms with van der Waals surface area (Å²) in [6.45, 7) is 11.7. The average molecular weight is 594 g/mol. The molecule has 1 heterocycles. The first kappa shape index (κ1) is 30.5. The van der Waals surface area contributed by atoms with Gasteiger partial charge >= 0.3 is 12.1 Å². The Bertz CT molecular complexity index is 1500. The molecule has 0 radical (unpaired) electrons. The number of rotatable bonds is 10. The van der Waals surface area contributed by atoms with E-state index in [0.29, 0.717) is 36.7 Å². The number of carbonyl (C=O) groups is 1. The highest BCUT2D eigenvalue weighted by molar-refractivity contribution is 5.70. The van der Waals surface area contributed by atoms with Crippen molar-refractivity contribution in [3.8, 4) is 0 Å². The second kappa shape index (κ2) is 12.7. The van der Waals surface area contributed by atoms with Crippen molar-refractivity contribution in [3.63, 3.8) is 0 Å². The van der Waals surface area contributed by atoms with Gasteiger partial charge in [0.2, 0.25) is 0 Å². The molecule has 0 saturated heterocycles. The predicted octanol–water partition coefficient (Wildman–Crippen LogP) is 7.40. The van der Waals surface area contributed by atoms with E-state index in [0.717, 1.165) is 68.6 Å². The summed E-state index contributed by atoms with van der Waals surface area (Å²) in [6.07, 6.45) is 3.54. The van der Waals surface area contributed by atoms with E-state index >= 15 is 0 Å². The Kier molecular flexibility index (Phi) is 9.00. The highest BCUT2D eigenvalue weighted by Gasteiger charge is 2.32. The number of halogens is 3. The lowest BCUT2D eigenvalue weighted by Gasteiger charge is -2.34. The van der Waals surface area contributed by atoms with E-state index in [1.807, 2.05) is 24.2 Å². The van der Waals surface area contributed by atoms with Crippen LogP contribution in [0.2, 0.25) is 0 Å². The van der Waals surface area contributed by atoms with E-state index in [4.69, 9.17) is 6.57 Å². The van der Waals surface area contributed by atoms with Crippen molar-refractivity contribution in [2.45, 2.75) is 71.1 Å². The number of nitrogens with zero attached hydrogens (tertiary/aromatic N) is 5. The lowest BCUT2D eigenvalue weighted by atomic mass is 9.81. The zero-order valence-corrected chi connectivity index (χ0v) is 24.7. The van der Waals surface area contributed by atoms with Crippen LogP contribution in [0.5, 0.6) is 0 Å². The molecule has 0 bridgehead atoms. The lowest BCUT2D eigenvalue weighted by molar-refractivity contribution is -0.143. The van der Waals surface area contributed by atoms with Crippen LogP contribution < -0.4 is 9.80 Å². The Balaban J connectivity index is 1.48. The normalized spacial score (nSPS) is 18.2. The summed E-state index contributed by atoms with van der Waals surface area (Å²) in [5.74, 6) is 0.0881. The summed E-state index contributed by atoms with van der Waals surface area (Å²) in [4.78, 5) is 19.1. The third kappa shape index (κ3) is 7.15. The van der Waals surface area contributed by atoms with Crippen LogP contribution in [0.25, 0.3) is 4.85 Å². The third-order valence-electron chi connectivity index (χ3n) is 8.88. The van der Waals surface area contributed by atoms with E-state index in [1.54, 1.807) is 4.68 Å². The monoisotopic (exact) mass is 593 g/mol. The number of hydrogen-bond donors (Lipinski definition) is 1. The molecule has 10 heteroatoms. The molecule has 1 saturated carbocycles. The number of hydrogen-bond acceptors (Lipinski definition) is 4. The highest BCUT2D eigenvalue weighted by atomic mass is 19.4. The largest absolute Gasteiger partial charge is 0.481 e. The summed E-state index contributed by atoms with van der Waals surface area (Å²) >= 11 is 0. The minimum Gasteiger partial charge on any atom is -0.481 e. The van der Waals surface area contributed by atoms with E-state index in [9.17, 15) is 23.1 Å². The van der Waals surface area contributed by atoms with Gasteiger partial charge in [-0.05, 0) is 98.2 Å². The van der Waals surface area contributed by atoms with Gasteiger partial charge in [0.25, 0.3) is 0 Å². The number of alkyl halides is 3. The summed E-state index contributed by atoms with van der Waals surface area (Å²) in [6, 6.07) is 9.95. The standard InChI is InChI=1S/C33H38F3N5O2/c1-4-40(19-22-8-10-24(11-9-22)32(42)43)30-17-26-7-5-6-25(26)16-27(30)21-41(31-12-13-39(3)38-31)20-23-14-28(33(34,35)36)18-29(15-23)37-2/h12-18,22,24H,4-11,19-21H2,1,3H3,(H,42,43)/t22-,24-. The number of carboxylic acids is 1. The average Bonchev–Trinajstić information content (AvgIpc) is 3.63. The zero-order chi connectivity index (χ0) is 30.7. The molecule has 0 unspecified atom stereocenters. The van der Waals surface area contributed by atoms with Crippen molar-refractivity contribution in [1.82, 2.24) is 9.78 Å². The second-order valence-corrected chi connectivity index (χ2v) is 11.9. The van der Waals surface area contributed by atoms with Crippen LogP contribution in [0.1, 0.15) is 66.8 Å². The van der Waals surface area contributed by atoms with Crippen molar-refractivity contribution in [3.05, 3.63) is 81.8 Å². The smallest absolute Gasteiger partial charge is 0.415 e. The molecule has 2 aromatic carbocycles. The first-order valence-electron chi connectivity index (χ1n) is 15.0. The van der Waals surface area contributed by atoms with E-state index in [1.165, 1.54) is 17.2 Å². The molecule has 7 nitrogen and oxygen atoms in total. The fourth-order valence-corrected chi connectivity index (χ4v) is 6.59. The minimum atomic E-state index is -4.55. The van der Waals surface area contributed by atoms with Crippen molar-refractivity contribution < 1.29 is 23.1 Å². The van der Waals surface area contributed by atoms with Gasteiger partial charge in [-0.1, -0.05) is 12.1 Å². The number of aryl methyl sites for hydroxylation is 3. The number of fused-ring (bicyclic) bond motifs is 1. The van der Waals surface area contributed by atoms with Gasteiger partial charge in [0.1, 0.15) is 0 Å². The van der Waals surface area contributed by atoms with Crippen LogP contribution in [0.3, 0.4) is 0 Å². The molecular weight excluding hydrogens is 555 g/mol. The van der Waals surface area contributed by atoms with Crippen LogP contribution in [0.15, 0.2) is 42.6 Å². The fraction of sp³-hybridized carbons (Fsp3) is 0.485. The summed E-state index contributed by atoms with van der Waals surface area (Å²) in [7, 11) is 1.81. The van der Waals surface area contributed by atoms with E-state index < -0.39 is 17.7 Å². The SMILES string of the molecule is [C-]#[N+]c1cc(CN(Cc2cc3c(cc2N(CC)C[C@H]2CC[C@H](C(=O)O)CC2)CCC3)c2ccn(C)n2)cc(C(F)(F)F)c1. The number of carboxylic acid groups (broad SMARTS) is 1. The first-order chi connectivity index (χ1) is 20.5. The Hall–Kier alpha value is -4.00. The quantitative estimate of drug-likeness (QED) is 0.248. The van der Waals surface area contributed by atoms with Gasteiger partial charge in [0.15, 0.2) is 11.5 Å². The number of benzene rings is 2. The van der Waals surface area contributed by atoms with Gasteiger partial charge in [-0.15, -0.1) is 0 Å².